The highest BCUT2D eigenvalue weighted by Gasteiger charge is 2.18. The molecule has 182 valence electrons. The number of ether oxygens (including phenoxy) is 1. The van der Waals surface area contributed by atoms with Gasteiger partial charge < -0.3 is 10.1 Å². The second kappa shape index (κ2) is 11.5. The van der Waals surface area contributed by atoms with Crippen LogP contribution in [0.2, 0.25) is 5.02 Å². The number of non-ortho nitro benzene ring substituents is 2. The van der Waals surface area contributed by atoms with Crippen molar-refractivity contribution in [3.05, 3.63) is 84.4 Å². The summed E-state index contributed by atoms with van der Waals surface area (Å²) in [5.41, 5.74) is -1.15. The van der Waals surface area contributed by atoms with Crippen LogP contribution in [0.1, 0.15) is 5.56 Å². The highest BCUT2D eigenvalue weighted by atomic mass is 35.5. The van der Waals surface area contributed by atoms with Crippen molar-refractivity contribution in [3.63, 3.8) is 0 Å². The zero-order valence-electron chi connectivity index (χ0n) is 17.8. The van der Waals surface area contributed by atoms with Gasteiger partial charge in [-0.1, -0.05) is 11.6 Å². The van der Waals surface area contributed by atoms with E-state index < -0.39 is 33.8 Å². The summed E-state index contributed by atoms with van der Waals surface area (Å²) in [6.07, 6.45) is 2.54. The Morgan fingerprint density at radius 1 is 1.14 bits per heavy atom. The van der Waals surface area contributed by atoms with Crippen LogP contribution in [0.5, 0.6) is 5.75 Å². The van der Waals surface area contributed by atoms with Gasteiger partial charge in [0.05, 0.1) is 20.6 Å². The highest BCUT2D eigenvalue weighted by molar-refractivity contribution is 7.13. The zero-order valence-corrected chi connectivity index (χ0v) is 19.4. The number of benzene rings is 2. The van der Waals surface area contributed by atoms with E-state index in [1.54, 1.807) is 11.4 Å². The number of rotatable bonds is 9. The third kappa shape index (κ3) is 6.59. The molecular weight excluding hydrogens is 516 g/mol. The number of hydrogen-bond acceptors (Lipinski definition) is 10. The Labute approximate surface area is 210 Å². The molecule has 3 rings (SSSR count). The summed E-state index contributed by atoms with van der Waals surface area (Å²) in [6, 6.07) is 8.43. The number of thiazole rings is 1. The summed E-state index contributed by atoms with van der Waals surface area (Å²) < 4.78 is 5.45. The second-order valence-electron chi connectivity index (χ2n) is 6.70. The van der Waals surface area contributed by atoms with Gasteiger partial charge in [-0.15, -0.1) is 11.3 Å². The molecule has 0 fully saturated rings. The first kappa shape index (κ1) is 25.7. The maximum Gasteiger partial charge on any atom is 0.271 e. The van der Waals surface area contributed by atoms with Gasteiger partial charge in [0.1, 0.15) is 17.4 Å². The quantitative estimate of drug-likeness (QED) is 0.177. The number of nitrogens with zero attached hydrogens (tertiary/aromatic N) is 4. The molecule has 0 saturated heterocycles. The average Bonchev–Trinajstić information content (AvgIpc) is 3.35. The maximum atomic E-state index is 12.7. The van der Waals surface area contributed by atoms with Crippen molar-refractivity contribution < 1.29 is 24.2 Å². The monoisotopic (exact) mass is 528 g/mol. The molecule has 0 saturated carbocycles. The van der Waals surface area contributed by atoms with E-state index >= 15 is 0 Å². The fourth-order valence-corrected chi connectivity index (χ4v) is 3.46. The SMILES string of the molecule is N#C/C(=C\c1cc([N+](=O)[O-])ccc1OCC(=O)Nc1nccs1)C(=O)Nc1ccc([N+](=O)[O-])cc1Cl. The molecular formula is C21H13ClN6O7S. The lowest BCUT2D eigenvalue weighted by Crippen LogP contribution is -2.20. The molecule has 1 aromatic heterocycles. The fourth-order valence-electron chi connectivity index (χ4n) is 2.69. The lowest BCUT2D eigenvalue weighted by Gasteiger charge is -2.10. The third-order valence-electron chi connectivity index (χ3n) is 4.32. The first-order chi connectivity index (χ1) is 17.2. The standard InChI is InChI=1S/C21H13ClN6O7S/c22-16-9-15(28(33)34)1-3-17(16)25-20(30)13(10-23)7-12-8-14(27(31)32)2-4-18(12)35-11-19(29)26-21-24-5-6-36-21/h1-9H,11H2,(H,25,30)(H,24,26,29)/b13-7+. The first-order valence-electron chi connectivity index (χ1n) is 9.65. The Morgan fingerprint density at radius 3 is 2.44 bits per heavy atom. The van der Waals surface area contributed by atoms with E-state index in [4.69, 9.17) is 16.3 Å². The summed E-state index contributed by atoms with van der Waals surface area (Å²) in [5.74, 6) is -1.50. The van der Waals surface area contributed by atoms with Gasteiger partial charge in [-0.25, -0.2) is 4.98 Å². The van der Waals surface area contributed by atoms with Crippen molar-refractivity contribution in [2.24, 2.45) is 0 Å². The Balaban J connectivity index is 1.84. The number of anilines is 2. The van der Waals surface area contributed by atoms with Crippen LogP contribution in [0.25, 0.3) is 6.08 Å². The van der Waals surface area contributed by atoms with E-state index in [1.807, 2.05) is 0 Å². The third-order valence-corrected chi connectivity index (χ3v) is 5.32. The van der Waals surface area contributed by atoms with Gasteiger partial charge >= 0.3 is 0 Å². The van der Waals surface area contributed by atoms with Gasteiger partial charge in [0.25, 0.3) is 23.2 Å². The summed E-state index contributed by atoms with van der Waals surface area (Å²) in [7, 11) is 0. The van der Waals surface area contributed by atoms with Crippen molar-refractivity contribution >= 4 is 63.0 Å². The molecule has 0 bridgehead atoms. The van der Waals surface area contributed by atoms with Gasteiger partial charge in [0.2, 0.25) is 0 Å². The smallest absolute Gasteiger partial charge is 0.271 e. The molecule has 2 N–H and O–H groups in total. The van der Waals surface area contributed by atoms with Gasteiger partial charge in [0.15, 0.2) is 11.7 Å². The van der Waals surface area contributed by atoms with E-state index in [2.05, 4.69) is 15.6 Å². The molecule has 0 spiro atoms. The van der Waals surface area contributed by atoms with Crippen molar-refractivity contribution in [2.75, 3.05) is 17.2 Å². The van der Waals surface area contributed by atoms with Gasteiger partial charge in [-0.05, 0) is 18.2 Å². The number of halogens is 1. The second-order valence-corrected chi connectivity index (χ2v) is 8.00. The van der Waals surface area contributed by atoms with Crippen molar-refractivity contribution in [1.82, 2.24) is 4.98 Å². The van der Waals surface area contributed by atoms with Crippen LogP contribution in [0, 0.1) is 31.6 Å². The molecule has 15 heteroatoms. The summed E-state index contributed by atoms with van der Waals surface area (Å²) >= 11 is 7.16. The van der Waals surface area contributed by atoms with E-state index in [0.717, 1.165) is 30.3 Å². The minimum atomic E-state index is -0.938. The average molecular weight is 529 g/mol. The molecule has 0 atom stereocenters. The van der Waals surface area contributed by atoms with Crippen molar-refractivity contribution in [1.29, 1.82) is 5.26 Å². The summed E-state index contributed by atoms with van der Waals surface area (Å²) in [4.78, 5) is 49.4. The van der Waals surface area contributed by atoms with Crippen LogP contribution < -0.4 is 15.4 Å². The molecule has 0 aliphatic carbocycles. The minimum Gasteiger partial charge on any atom is -0.483 e. The highest BCUT2D eigenvalue weighted by Crippen LogP contribution is 2.29. The number of nitrogens with one attached hydrogen (secondary N) is 2. The number of hydrogen-bond donors (Lipinski definition) is 2. The summed E-state index contributed by atoms with van der Waals surface area (Å²) in [5, 5.41) is 38.3. The number of amides is 2. The number of nitro groups is 2. The van der Waals surface area contributed by atoms with Crippen molar-refractivity contribution in [3.8, 4) is 11.8 Å². The van der Waals surface area contributed by atoms with E-state index in [0.29, 0.717) is 5.13 Å². The number of carbonyl (C=O) groups excluding carboxylic acids is 2. The Bertz CT molecular complexity index is 1420. The van der Waals surface area contributed by atoms with Gasteiger partial charge in [-0.2, -0.15) is 5.26 Å². The number of aromatic nitrogens is 1. The van der Waals surface area contributed by atoms with E-state index in [1.165, 1.54) is 29.7 Å². The Morgan fingerprint density at radius 2 is 1.83 bits per heavy atom. The molecule has 3 aromatic rings. The molecule has 2 amide bonds. The predicted molar refractivity (Wildman–Crippen MR) is 130 cm³/mol. The Kier molecular flexibility index (Phi) is 8.23. The molecule has 0 radical (unpaired) electrons. The largest absolute Gasteiger partial charge is 0.483 e. The topological polar surface area (TPSA) is 190 Å². The first-order valence-corrected chi connectivity index (χ1v) is 10.9. The van der Waals surface area contributed by atoms with E-state index in [9.17, 15) is 35.1 Å². The molecule has 0 aliphatic heterocycles. The number of nitriles is 1. The number of carbonyl (C=O) groups is 2. The van der Waals surface area contributed by atoms with Crippen LogP contribution in [0.15, 0.2) is 53.5 Å². The molecule has 0 unspecified atom stereocenters. The van der Waals surface area contributed by atoms with Crippen LogP contribution in [0.4, 0.5) is 22.2 Å². The fraction of sp³-hybridized carbons (Fsp3) is 0.0476. The molecule has 1 heterocycles. The van der Waals surface area contributed by atoms with Gasteiger partial charge in [0, 0.05) is 41.4 Å². The van der Waals surface area contributed by atoms with Crippen LogP contribution in [-0.2, 0) is 9.59 Å². The molecule has 36 heavy (non-hydrogen) atoms. The van der Waals surface area contributed by atoms with Gasteiger partial charge in [-0.3, -0.25) is 35.1 Å². The van der Waals surface area contributed by atoms with E-state index in [-0.39, 0.29) is 33.4 Å². The predicted octanol–water partition coefficient (Wildman–Crippen LogP) is 4.18. The molecule has 2 aromatic carbocycles. The lowest BCUT2D eigenvalue weighted by molar-refractivity contribution is -0.385. The molecule has 13 nitrogen and oxygen atoms in total. The molecule has 0 aliphatic rings. The lowest BCUT2D eigenvalue weighted by atomic mass is 10.1. The van der Waals surface area contributed by atoms with Crippen LogP contribution >= 0.6 is 22.9 Å². The normalized spacial score (nSPS) is 10.7. The van der Waals surface area contributed by atoms with Crippen LogP contribution in [-0.4, -0.2) is 33.3 Å². The zero-order chi connectivity index (χ0) is 26.2. The maximum absolute atomic E-state index is 12.7. The van der Waals surface area contributed by atoms with Crippen molar-refractivity contribution in [2.45, 2.75) is 0 Å². The Hall–Kier alpha value is -4.87. The minimum absolute atomic E-state index is 0.00258. The number of nitro benzene ring substituents is 2. The van der Waals surface area contributed by atoms with Crippen LogP contribution in [0.3, 0.4) is 0 Å². The summed E-state index contributed by atoms with van der Waals surface area (Å²) in [6.45, 7) is -0.481.